The number of amidine groups is 1. The first-order valence-electron chi connectivity index (χ1n) is 6.47. The average Bonchev–Trinajstić information content (AvgIpc) is 2.73. The van der Waals surface area contributed by atoms with Gasteiger partial charge < -0.3 is 10.2 Å². The van der Waals surface area contributed by atoms with Crippen LogP contribution in [0.1, 0.15) is 33.6 Å². The Balaban J connectivity index is 2.10. The summed E-state index contributed by atoms with van der Waals surface area (Å²) in [6, 6.07) is 0. The van der Waals surface area contributed by atoms with Gasteiger partial charge in [-0.25, -0.2) is 0 Å². The molecule has 1 unspecified atom stereocenters. The third kappa shape index (κ3) is 4.74. The molecule has 1 heterocycles. The predicted molar refractivity (Wildman–Crippen MR) is 74.4 cm³/mol. The van der Waals surface area contributed by atoms with E-state index < -0.39 is 0 Å². The molecule has 1 aliphatic rings. The van der Waals surface area contributed by atoms with Crippen molar-refractivity contribution in [3.8, 4) is 0 Å². The first kappa shape index (κ1) is 13.8. The van der Waals surface area contributed by atoms with Gasteiger partial charge in [0.15, 0.2) is 5.17 Å². The Kier molecular flexibility index (Phi) is 6.88. The highest BCUT2D eigenvalue weighted by molar-refractivity contribution is 8.14. The Hall–Kier alpha value is -0.220. The topological polar surface area (TPSA) is 27.6 Å². The lowest BCUT2D eigenvalue weighted by atomic mass is 10.2. The highest BCUT2D eigenvalue weighted by atomic mass is 32.2. The standard InChI is InChI=1S/C12H25N3S/c1-4-7-11-10-14-12(16-11)13-8-9-15(5-2)6-3/h11H,4-10H2,1-3H3,(H,13,14). The number of rotatable bonds is 7. The Morgan fingerprint density at radius 3 is 2.75 bits per heavy atom. The summed E-state index contributed by atoms with van der Waals surface area (Å²) < 4.78 is 0. The van der Waals surface area contributed by atoms with Gasteiger partial charge in [-0.2, -0.15) is 0 Å². The molecule has 0 aromatic rings. The summed E-state index contributed by atoms with van der Waals surface area (Å²) >= 11 is 1.92. The highest BCUT2D eigenvalue weighted by Crippen LogP contribution is 2.23. The molecule has 4 heteroatoms. The lowest BCUT2D eigenvalue weighted by molar-refractivity contribution is 0.309. The second-order valence-electron chi connectivity index (χ2n) is 4.13. The van der Waals surface area contributed by atoms with E-state index in [4.69, 9.17) is 0 Å². The molecular weight excluding hydrogens is 218 g/mol. The fourth-order valence-corrected chi connectivity index (χ4v) is 3.00. The van der Waals surface area contributed by atoms with Crippen LogP contribution < -0.4 is 5.32 Å². The fraction of sp³-hybridized carbons (Fsp3) is 0.917. The van der Waals surface area contributed by atoms with Crippen molar-refractivity contribution in [2.75, 3.05) is 32.7 Å². The zero-order valence-electron chi connectivity index (χ0n) is 10.8. The monoisotopic (exact) mass is 243 g/mol. The van der Waals surface area contributed by atoms with Gasteiger partial charge in [0.25, 0.3) is 0 Å². The van der Waals surface area contributed by atoms with Gasteiger partial charge in [-0.3, -0.25) is 4.99 Å². The first-order valence-corrected chi connectivity index (χ1v) is 7.35. The maximum absolute atomic E-state index is 4.53. The zero-order valence-corrected chi connectivity index (χ0v) is 11.6. The summed E-state index contributed by atoms with van der Waals surface area (Å²) in [6.45, 7) is 12.1. The molecule has 1 atom stereocenters. The van der Waals surface area contributed by atoms with Gasteiger partial charge in [-0.05, 0) is 19.5 Å². The van der Waals surface area contributed by atoms with Gasteiger partial charge in [0.05, 0.1) is 6.54 Å². The van der Waals surface area contributed by atoms with Crippen molar-refractivity contribution in [1.82, 2.24) is 10.2 Å². The quantitative estimate of drug-likeness (QED) is 0.743. The smallest absolute Gasteiger partial charge is 0.156 e. The maximum atomic E-state index is 4.53. The van der Waals surface area contributed by atoms with E-state index in [1.54, 1.807) is 0 Å². The van der Waals surface area contributed by atoms with E-state index >= 15 is 0 Å². The number of nitrogens with zero attached hydrogens (tertiary/aromatic N) is 2. The highest BCUT2D eigenvalue weighted by Gasteiger charge is 2.17. The zero-order chi connectivity index (χ0) is 11.8. The molecule has 0 aromatic carbocycles. The van der Waals surface area contributed by atoms with Crippen LogP contribution >= 0.6 is 11.8 Å². The molecule has 1 rings (SSSR count). The van der Waals surface area contributed by atoms with Crippen LogP contribution in [0.2, 0.25) is 0 Å². The molecular formula is C12H25N3S. The minimum atomic E-state index is 0.723. The van der Waals surface area contributed by atoms with Crippen LogP contribution in [0, 0.1) is 0 Å². The van der Waals surface area contributed by atoms with Crippen molar-refractivity contribution in [2.24, 2.45) is 4.99 Å². The summed E-state index contributed by atoms with van der Waals surface area (Å²) in [5.74, 6) is 0. The summed E-state index contributed by atoms with van der Waals surface area (Å²) in [5.41, 5.74) is 0. The third-order valence-corrected chi connectivity index (χ3v) is 4.14. The third-order valence-electron chi connectivity index (χ3n) is 2.93. The summed E-state index contributed by atoms with van der Waals surface area (Å²) in [4.78, 5) is 6.96. The molecule has 0 radical (unpaired) electrons. The Morgan fingerprint density at radius 1 is 1.38 bits per heavy atom. The van der Waals surface area contributed by atoms with Crippen molar-refractivity contribution < 1.29 is 0 Å². The molecule has 94 valence electrons. The Bertz CT molecular complexity index is 214. The SMILES string of the molecule is CCCC1CN=C(NCCN(CC)CC)S1. The lowest BCUT2D eigenvalue weighted by Gasteiger charge is -2.18. The number of hydrogen-bond donors (Lipinski definition) is 1. The van der Waals surface area contributed by atoms with Crippen LogP contribution in [-0.2, 0) is 0 Å². The second kappa shape index (κ2) is 7.96. The molecule has 3 nitrogen and oxygen atoms in total. The van der Waals surface area contributed by atoms with Crippen LogP contribution in [0.25, 0.3) is 0 Å². The van der Waals surface area contributed by atoms with Crippen molar-refractivity contribution in [1.29, 1.82) is 0 Å². The normalized spacial score (nSPS) is 20.2. The average molecular weight is 243 g/mol. The van der Waals surface area contributed by atoms with E-state index in [0.29, 0.717) is 0 Å². The summed E-state index contributed by atoms with van der Waals surface area (Å²) in [5, 5.41) is 5.32. The number of thioether (sulfide) groups is 1. The van der Waals surface area contributed by atoms with Crippen LogP contribution in [0.3, 0.4) is 0 Å². The Morgan fingerprint density at radius 2 is 2.12 bits per heavy atom. The van der Waals surface area contributed by atoms with E-state index in [1.165, 1.54) is 12.8 Å². The van der Waals surface area contributed by atoms with Crippen molar-refractivity contribution in [3.05, 3.63) is 0 Å². The van der Waals surface area contributed by atoms with Crippen molar-refractivity contribution in [3.63, 3.8) is 0 Å². The molecule has 0 saturated carbocycles. The number of hydrogen-bond acceptors (Lipinski definition) is 4. The van der Waals surface area contributed by atoms with Crippen LogP contribution in [0.5, 0.6) is 0 Å². The van der Waals surface area contributed by atoms with Gasteiger partial charge in [-0.1, -0.05) is 39.0 Å². The van der Waals surface area contributed by atoms with E-state index in [-0.39, 0.29) is 0 Å². The van der Waals surface area contributed by atoms with Crippen molar-refractivity contribution >= 4 is 16.9 Å². The summed E-state index contributed by atoms with van der Waals surface area (Å²) in [7, 11) is 0. The van der Waals surface area contributed by atoms with Gasteiger partial charge in [0, 0.05) is 18.3 Å². The van der Waals surface area contributed by atoms with E-state index in [2.05, 4.69) is 36.0 Å². The molecule has 0 amide bonds. The van der Waals surface area contributed by atoms with Crippen LogP contribution in [-0.4, -0.2) is 48.0 Å². The molecule has 0 spiro atoms. The Labute approximate surface area is 104 Å². The van der Waals surface area contributed by atoms with Crippen LogP contribution in [0.15, 0.2) is 4.99 Å². The lowest BCUT2D eigenvalue weighted by Crippen LogP contribution is -2.33. The van der Waals surface area contributed by atoms with E-state index in [9.17, 15) is 0 Å². The fourth-order valence-electron chi connectivity index (χ4n) is 1.85. The molecule has 0 bridgehead atoms. The van der Waals surface area contributed by atoms with Gasteiger partial charge >= 0.3 is 0 Å². The molecule has 0 fully saturated rings. The number of likely N-dealkylation sites (N-methyl/N-ethyl adjacent to an activating group) is 1. The minimum absolute atomic E-state index is 0.723. The number of aliphatic imine (C=N–C) groups is 1. The minimum Gasteiger partial charge on any atom is -0.364 e. The molecule has 1 aliphatic heterocycles. The molecule has 0 aromatic heterocycles. The van der Waals surface area contributed by atoms with Gasteiger partial charge in [0.2, 0.25) is 0 Å². The van der Waals surface area contributed by atoms with Gasteiger partial charge in [0.1, 0.15) is 0 Å². The second-order valence-corrected chi connectivity index (χ2v) is 5.42. The molecule has 0 saturated heterocycles. The first-order chi connectivity index (χ1) is 7.80. The maximum Gasteiger partial charge on any atom is 0.156 e. The molecule has 0 aliphatic carbocycles. The predicted octanol–water partition coefficient (Wildman–Crippen LogP) is 2.19. The largest absolute Gasteiger partial charge is 0.364 e. The summed E-state index contributed by atoms with van der Waals surface area (Å²) in [6.07, 6.45) is 2.55. The van der Waals surface area contributed by atoms with Crippen molar-refractivity contribution in [2.45, 2.75) is 38.9 Å². The number of nitrogens with one attached hydrogen (secondary N) is 1. The van der Waals surface area contributed by atoms with Gasteiger partial charge in [-0.15, -0.1) is 0 Å². The van der Waals surface area contributed by atoms with E-state index in [1.807, 2.05) is 11.8 Å². The van der Waals surface area contributed by atoms with Crippen LogP contribution in [0.4, 0.5) is 0 Å². The molecule has 1 N–H and O–H groups in total. The van der Waals surface area contributed by atoms with E-state index in [0.717, 1.165) is 43.1 Å². The molecule has 16 heavy (non-hydrogen) atoms.